The van der Waals surface area contributed by atoms with Gasteiger partial charge in [0, 0.05) is 24.0 Å². The fourth-order valence-corrected chi connectivity index (χ4v) is 2.86. The molecule has 2 unspecified atom stereocenters. The van der Waals surface area contributed by atoms with E-state index in [2.05, 4.69) is 10.4 Å². The van der Waals surface area contributed by atoms with Crippen LogP contribution in [0.4, 0.5) is 0 Å². The number of sulfone groups is 1. The molecule has 5 nitrogen and oxygen atoms in total. The number of hydrogen-bond acceptors (Lipinski definition) is 5. The van der Waals surface area contributed by atoms with Crippen LogP contribution in [-0.2, 0) is 9.84 Å². The van der Waals surface area contributed by atoms with E-state index in [4.69, 9.17) is 5.84 Å². The molecule has 1 aromatic heterocycles. The van der Waals surface area contributed by atoms with E-state index in [1.807, 2.05) is 24.3 Å². The Bertz CT molecular complexity index is 680. The molecule has 2 aromatic rings. The minimum absolute atomic E-state index is 0.457. The molecule has 0 aliphatic carbocycles. The van der Waals surface area contributed by atoms with E-state index in [1.165, 1.54) is 6.26 Å². The summed E-state index contributed by atoms with van der Waals surface area (Å²) in [5, 5.41) is 1.30. The van der Waals surface area contributed by atoms with Gasteiger partial charge in [-0.15, -0.1) is 0 Å². The Labute approximate surface area is 112 Å². The van der Waals surface area contributed by atoms with Crippen molar-refractivity contribution in [2.24, 2.45) is 5.84 Å². The summed E-state index contributed by atoms with van der Waals surface area (Å²) in [5.41, 5.74) is 3.48. The highest BCUT2D eigenvalue weighted by atomic mass is 32.2. The van der Waals surface area contributed by atoms with Crippen LogP contribution in [0.25, 0.3) is 10.8 Å². The second-order valence-corrected chi connectivity index (χ2v) is 7.03. The minimum atomic E-state index is -3.19. The topological polar surface area (TPSA) is 85.1 Å². The summed E-state index contributed by atoms with van der Waals surface area (Å²) >= 11 is 0. The molecule has 0 spiro atoms. The lowest BCUT2D eigenvalue weighted by Crippen LogP contribution is -2.38. The number of nitrogens with zero attached hydrogens (tertiary/aromatic N) is 1. The number of nitrogens with two attached hydrogens (primary N) is 1. The number of hydrogen-bond donors (Lipinski definition) is 2. The fraction of sp³-hybridized carbons (Fsp3) is 0.308. The Kier molecular flexibility index (Phi) is 3.84. The van der Waals surface area contributed by atoms with Crippen molar-refractivity contribution in [2.45, 2.75) is 18.2 Å². The molecule has 2 rings (SSSR count). The second-order valence-electron chi connectivity index (χ2n) is 4.62. The number of fused-ring (bicyclic) bond motifs is 1. The van der Waals surface area contributed by atoms with Gasteiger partial charge in [-0.25, -0.2) is 8.42 Å². The molecule has 2 atom stereocenters. The highest BCUT2D eigenvalue weighted by Crippen LogP contribution is 2.27. The number of hydrazine groups is 1. The lowest BCUT2D eigenvalue weighted by Gasteiger charge is -2.23. The van der Waals surface area contributed by atoms with E-state index in [0.29, 0.717) is 0 Å². The van der Waals surface area contributed by atoms with Crippen molar-refractivity contribution < 1.29 is 8.42 Å². The number of rotatable bonds is 4. The first kappa shape index (κ1) is 13.9. The van der Waals surface area contributed by atoms with Crippen molar-refractivity contribution in [1.82, 2.24) is 10.4 Å². The predicted molar refractivity (Wildman–Crippen MR) is 76.1 cm³/mol. The fourth-order valence-electron chi connectivity index (χ4n) is 2.14. The molecular formula is C13H17N3O2S. The van der Waals surface area contributed by atoms with Gasteiger partial charge in [0.05, 0.1) is 11.3 Å². The first-order valence-electron chi connectivity index (χ1n) is 5.93. The van der Waals surface area contributed by atoms with Crippen LogP contribution < -0.4 is 11.3 Å². The summed E-state index contributed by atoms with van der Waals surface area (Å²) in [6.45, 7) is 1.65. The molecular weight excluding hydrogens is 262 g/mol. The molecule has 1 heterocycles. The molecule has 0 aliphatic heterocycles. The maximum atomic E-state index is 11.7. The maximum absolute atomic E-state index is 11.7. The van der Waals surface area contributed by atoms with Gasteiger partial charge in [-0.05, 0) is 23.9 Å². The molecule has 0 radical (unpaired) electrons. The SMILES string of the molecule is CC(C(NN)c1cccc2cnccc12)S(C)(=O)=O. The summed E-state index contributed by atoms with van der Waals surface area (Å²) in [4.78, 5) is 4.06. The third-order valence-corrected chi connectivity index (χ3v) is 5.00. The Morgan fingerprint density at radius 2 is 2.05 bits per heavy atom. The van der Waals surface area contributed by atoms with Crippen LogP contribution >= 0.6 is 0 Å². The quantitative estimate of drug-likeness (QED) is 0.648. The second kappa shape index (κ2) is 5.24. The largest absolute Gasteiger partial charge is 0.271 e. The van der Waals surface area contributed by atoms with Crippen LogP contribution in [0.1, 0.15) is 18.5 Å². The summed E-state index contributed by atoms with van der Waals surface area (Å²) in [6.07, 6.45) is 4.65. The van der Waals surface area contributed by atoms with Gasteiger partial charge in [0.15, 0.2) is 9.84 Å². The summed E-state index contributed by atoms with van der Waals surface area (Å²) < 4.78 is 23.5. The zero-order chi connectivity index (χ0) is 14.0. The number of nitrogens with one attached hydrogen (secondary N) is 1. The van der Waals surface area contributed by atoms with Crippen molar-refractivity contribution in [3.63, 3.8) is 0 Å². The van der Waals surface area contributed by atoms with Crippen molar-refractivity contribution in [1.29, 1.82) is 0 Å². The molecule has 0 fully saturated rings. The predicted octanol–water partition coefficient (Wildman–Crippen LogP) is 1.17. The van der Waals surface area contributed by atoms with E-state index in [1.54, 1.807) is 19.3 Å². The molecule has 0 saturated heterocycles. The Balaban J connectivity index is 2.59. The standard InChI is InChI=1S/C13H17N3O2S/c1-9(19(2,17)18)13(16-14)12-5-3-4-10-8-15-7-6-11(10)12/h3-9,13,16H,14H2,1-2H3. The van der Waals surface area contributed by atoms with Crippen LogP contribution in [0.3, 0.4) is 0 Å². The monoisotopic (exact) mass is 279 g/mol. The van der Waals surface area contributed by atoms with Crippen molar-refractivity contribution in [2.75, 3.05) is 6.26 Å². The molecule has 3 N–H and O–H groups in total. The molecule has 102 valence electrons. The van der Waals surface area contributed by atoms with Gasteiger partial charge in [-0.2, -0.15) is 0 Å². The molecule has 1 aromatic carbocycles. The highest BCUT2D eigenvalue weighted by molar-refractivity contribution is 7.91. The minimum Gasteiger partial charge on any atom is -0.271 e. The first-order valence-corrected chi connectivity index (χ1v) is 7.88. The van der Waals surface area contributed by atoms with Gasteiger partial charge in [-0.3, -0.25) is 16.3 Å². The summed E-state index contributed by atoms with van der Waals surface area (Å²) in [5.74, 6) is 5.56. The molecule has 19 heavy (non-hydrogen) atoms. The van der Waals surface area contributed by atoms with Gasteiger partial charge >= 0.3 is 0 Å². The summed E-state index contributed by atoms with van der Waals surface area (Å²) in [6, 6.07) is 7.10. The van der Waals surface area contributed by atoms with Crippen molar-refractivity contribution >= 4 is 20.6 Å². The van der Waals surface area contributed by atoms with E-state index in [0.717, 1.165) is 16.3 Å². The van der Waals surface area contributed by atoms with Gasteiger partial charge in [0.25, 0.3) is 0 Å². The number of pyridine rings is 1. The highest BCUT2D eigenvalue weighted by Gasteiger charge is 2.27. The van der Waals surface area contributed by atoms with Gasteiger partial charge < -0.3 is 0 Å². The van der Waals surface area contributed by atoms with Crippen LogP contribution in [0, 0.1) is 0 Å². The smallest absolute Gasteiger partial charge is 0.151 e. The van der Waals surface area contributed by atoms with Crippen LogP contribution in [0.5, 0.6) is 0 Å². The van der Waals surface area contributed by atoms with Gasteiger partial charge in [0.1, 0.15) is 0 Å². The Hall–Kier alpha value is -1.50. The Morgan fingerprint density at radius 1 is 1.32 bits per heavy atom. The molecule has 6 heteroatoms. The zero-order valence-corrected chi connectivity index (χ0v) is 11.7. The van der Waals surface area contributed by atoms with Gasteiger partial charge in [-0.1, -0.05) is 18.2 Å². The average Bonchev–Trinajstić information content (AvgIpc) is 2.38. The summed E-state index contributed by atoms with van der Waals surface area (Å²) in [7, 11) is -3.19. The molecule has 0 aliphatic rings. The van der Waals surface area contributed by atoms with E-state index in [9.17, 15) is 8.42 Å². The maximum Gasteiger partial charge on any atom is 0.151 e. The van der Waals surface area contributed by atoms with Crippen molar-refractivity contribution in [3.8, 4) is 0 Å². The van der Waals surface area contributed by atoms with Crippen LogP contribution in [0.15, 0.2) is 36.7 Å². The Morgan fingerprint density at radius 3 is 2.68 bits per heavy atom. The van der Waals surface area contributed by atoms with Crippen LogP contribution in [-0.4, -0.2) is 24.9 Å². The normalized spacial score (nSPS) is 15.3. The van der Waals surface area contributed by atoms with E-state index >= 15 is 0 Å². The first-order chi connectivity index (χ1) is 8.95. The number of benzene rings is 1. The third-order valence-electron chi connectivity index (χ3n) is 3.37. The number of aromatic nitrogens is 1. The van der Waals surface area contributed by atoms with Crippen molar-refractivity contribution in [3.05, 3.63) is 42.2 Å². The molecule has 0 bridgehead atoms. The average molecular weight is 279 g/mol. The van der Waals surface area contributed by atoms with E-state index in [-0.39, 0.29) is 0 Å². The van der Waals surface area contributed by atoms with Crippen LogP contribution in [0.2, 0.25) is 0 Å². The lowest BCUT2D eigenvalue weighted by atomic mass is 9.98. The van der Waals surface area contributed by atoms with E-state index < -0.39 is 21.1 Å². The molecule has 0 amide bonds. The third kappa shape index (κ3) is 2.75. The lowest BCUT2D eigenvalue weighted by molar-refractivity contribution is 0.516. The van der Waals surface area contributed by atoms with Gasteiger partial charge in [0.2, 0.25) is 0 Å². The zero-order valence-electron chi connectivity index (χ0n) is 10.9. The molecule has 0 saturated carbocycles.